The highest BCUT2D eigenvalue weighted by Gasteiger charge is 2.44. The monoisotopic (exact) mass is 229 g/mol. The third-order valence-electron chi connectivity index (χ3n) is 3.65. The van der Waals surface area contributed by atoms with Gasteiger partial charge in [0.25, 0.3) is 0 Å². The van der Waals surface area contributed by atoms with Crippen LogP contribution >= 0.6 is 0 Å². The van der Waals surface area contributed by atoms with Crippen LogP contribution in [0.4, 0.5) is 0 Å². The van der Waals surface area contributed by atoms with Gasteiger partial charge < -0.3 is 14.6 Å². The Morgan fingerprint density at radius 1 is 1.25 bits per heavy atom. The zero-order valence-electron chi connectivity index (χ0n) is 9.86. The molecule has 2 heterocycles. The summed E-state index contributed by atoms with van der Waals surface area (Å²) in [4.78, 5) is 13.1. The molecule has 16 heavy (non-hydrogen) atoms. The summed E-state index contributed by atoms with van der Waals surface area (Å²) in [5.41, 5.74) is -0.805. The van der Waals surface area contributed by atoms with Gasteiger partial charge in [-0.15, -0.1) is 0 Å². The minimum atomic E-state index is -0.805. The van der Waals surface area contributed by atoms with E-state index in [1.54, 1.807) is 13.8 Å². The van der Waals surface area contributed by atoms with E-state index in [1.165, 1.54) is 0 Å². The van der Waals surface area contributed by atoms with Crippen LogP contribution in [0, 0.1) is 0 Å². The quantitative estimate of drug-likeness (QED) is 0.755. The number of hydrogen-bond acceptors (Lipinski definition) is 4. The van der Waals surface area contributed by atoms with E-state index in [9.17, 15) is 4.79 Å². The molecule has 0 saturated carbocycles. The second-order valence-electron chi connectivity index (χ2n) is 4.96. The minimum absolute atomic E-state index is 0.426. The molecule has 2 rings (SSSR count). The van der Waals surface area contributed by atoms with Gasteiger partial charge in [-0.3, -0.25) is 9.69 Å². The van der Waals surface area contributed by atoms with Crippen molar-refractivity contribution in [2.45, 2.75) is 38.0 Å². The summed E-state index contributed by atoms with van der Waals surface area (Å²) in [5.74, 6) is -1.21. The zero-order chi connectivity index (χ0) is 11.8. The molecule has 2 fully saturated rings. The summed E-state index contributed by atoms with van der Waals surface area (Å²) >= 11 is 0. The average Bonchev–Trinajstić information content (AvgIpc) is 2.67. The molecule has 0 radical (unpaired) electrons. The minimum Gasteiger partial charge on any atom is -0.480 e. The Morgan fingerprint density at radius 3 is 2.19 bits per heavy atom. The van der Waals surface area contributed by atoms with E-state index in [1.807, 2.05) is 4.90 Å². The highest BCUT2D eigenvalue weighted by atomic mass is 16.7. The third kappa shape index (κ3) is 1.95. The molecular weight excluding hydrogens is 210 g/mol. The Hall–Kier alpha value is -0.650. The van der Waals surface area contributed by atoms with Crippen molar-refractivity contribution < 1.29 is 19.4 Å². The molecule has 5 heteroatoms. The average molecular weight is 229 g/mol. The zero-order valence-corrected chi connectivity index (χ0v) is 9.86. The van der Waals surface area contributed by atoms with Gasteiger partial charge in [0, 0.05) is 25.9 Å². The normalized spacial score (nSPS) is 26.1. The maximum atomic E-state index is 11.1. The SMILES string of the molecule is CC(C)(C(=O)O)N1CCC2(CC1)OCCO2. The van der Waals surface area contributed by atoms with Crippen LogP contribution in [-0.4, -0.2) is 53.6 Å². The van der Waals surface area contributed by atoms with Crippen molar-refractivity contribution in [3.63, 3.8) is 0 Å². The lowest BCUT2D eigenvalue weighted by atomic mass is 9.96. The van der Waals surface area contributed by atoms with Crippen molar-refractivity contribution in [1.29, 1.82) is 0 Å². The molecule has 1 spiro atoms. The number of carboxylic acid groups (broad SMARTS) is 1. The van der Waals surface area contributed by atoms with Gasteiger partial charge in [0.15, 0.2) is 5.79 Å². The molecule has 0 amide bonds. The van der Waals surface area contributed by atoms with Crippen LogP contribution in [0.2, 0.25) is 0 Å². The first-order valence-corrected chi connectivity index (χ1v) is 5.73. The van der Waals surface area contributed by atoms with Gasteiger partial charge >= 0.3 is 5.97 Å². The fourth-order valence-electron chi connectivity index (χ4n) is 2.33. The first kappa shape index (κ1) is 11.8. The third-order valence-corrected chi connectivity index (χ3v) is 3.65. The molecule has 2 aliphatic rings. The number of ether oxygens (including phenoxy) is 2. The number of carboxylic acids is 1. The van der Waals surface area contributed by atoms with Crippen molar-refractivity contribution >= 4 is 5.97 Å². The van der Waals surface area contributed by atoms with Gasteiger partial charge in [0.1, 0.15) is 5.54 Å². The Labute approximate surface area is 95.3 Å². The fraction of sp³-hybridized carbons (Fsp3) is 0.909. The van der Waals surface area contributed by atoms with E-state index in [0.717, 1.165) is 12.8 Å². The van der Waals surface area contributed by atoms with E-state index in [0.29, 0.717) is 26.3 Å². The van der Waals surface area contributed by atoms with Crippen molar-refractivity contribution in [2.24, 2.45) is 0 Å². The topological polar surface area (TPSA) is 59.0 Å². The molecular formula is C11H19NO4. The van der Waals surface area contributed by atoms with Gasteiger partial charge in [0.2, 0.25) is 0 Å². The summed E-state index contributed by atoms with van der Waals surface area (Å²) in [5, 5.41) is 9.15. The molecule has 0 aliphatic carbocycles. The van der Waals surface area contributed by atoms with E-state index in [4.69, 9.17) is 14.6 Å². The predicted molar refractivity (Wildman–Crippen MR) is 57.2 cm³/mol. The van der Waals surface area contributed by atoms with Gasteiger partial charge in [-0.25, -0.2) is 0 Å². The smallest absolute Gasteiger partial charge is 0.323 e. The molecule has 0 aromatic carbocycles. The number of hydrogen-bond donors (Lipinski definition) is 1. The Kier molecular flexibility index (Phi) is 2.94. The van der Waals surface area contributed by atoms with Gasteiger partial charge in [-0.05, 0) is 13.8 Å². The highest BCUT2D eigenvalue weighted by molar-refractivity contribution is 5.77. The Bertz CT molecular complexity index is 274. The van der Waals surface area contributed by atoms with Gasteiger partial charge in [-0.2, -0.15) is 0 Å². The summed E-state index contributed by atoms with van der Waals surface area (Å²) in [6, 6.07) is 0. The van der Waals surface area contributed by atoms with Crippen LogP contribution in [-0.2, 0) is 14.3 Å². The maximum absolute atomic E-state index is 11.1. The van der Waals surface area contributed by atoms with Gasteiger partial charge in [-0.1, -0.05) is 0 Å². The second kappa shape index (κ2) is 3.98. The van der Waals surface area contributed by atoms with E-state index >= 15 is 0 Å². The Balaban J connectivity index is 1.97. The lowest BCUT2D eigenvalue weighted by molar-refractivity contribution is -0.194. The molecule has 92 valence electrons. The number of rotatable bonds is 2. The number of carbonyl (C=O) groups is 1. The first-order chi connectivity index (χ1) is 7.46. The molecule has 5 nitrogen and oxygen atoms in total. The number of nitrogens with zero attached hydrogens (tertiary/aromatic N) is 1. The molecule has 0 aromatic heterocycles. The first-order valence-electron chi connectivity index (χ1n) is 5.73. The second-order valence-corrected chi connectivity index (χ2v) is 4.96. The van der Waals surface area contributed by atoms with Crippen molar-refractivity contribution in [1.82, 2.24) is 4.90 Å². The molecule has 1 N–H and O–H groups in total. The highest BCUT2D eigenvalue weighted by Crippen LogP contribution is 2.33. The lowest BCUT2D eigenvalue weighted by Gasteiger charge is -2.43. The van der Waals surface area contributed by atoms with Crippen LogP contribution in [0.3, 0.4) is 0 Å². The summed E-state index contributed by atoms with van der Waals surface area (Å²) in [6.45, 7) is 6.20. The van der Waals surface area contributed by atoms with Crippen LogP contribution in [0.1, 0.15) is 26.7 Å². The number of piperidine rings is 1. The predicted octanol–water partition coefficient (Wildman–Crippen LogP) is 0.688. The summed E-state index contributed by atoms with van der Waals surface area (Å²) < 4.78 is 11.2. The van der Waals surface area contributed by atoms with E-state index < -0.39 is 17.3 Å². The molecule has 0 aromatic rings. The molecule has 0 unspecified atom stereocenters. The molecule has 2 saturated heterocycles. The summed E-state index contributed by atoms with van der Waals surface area (Å²) in [7, 11) is 0. The maximum Gasteiger partial charge on any atom is 0.323 e. The largest absolute Gasteiger partial charge is 0.480 e. The number of aliphatic carboxylic acids is 1. The molecule has 0 atom stereocenters. The van der Waals surface area contributed by atoms with Crippen molar-refractivity contribution in [3.8, 4) is 0 Å². The van der Waals surface area contributed by atoms with Crippen molar-refractivity contribution in [2.75, 3.05) is 26.3 Å². The van der Waals surface area contributed by atoms with Gasteiger partial charge in [0.05, 0.1) is 13.2 Å². The summed E-state index contributed by atoms with van der Waals surface area (Å²) in [6.07, 6.45) is 1.51. The van der Waals surface area contributed by atoms with Crippen LogP contribution < -0.4 is 0 Å². The lowest BCUT2D eigenvalue weighted by Crippen LogP contribution is -2.56. The molecule has 0 bridgehead atoms. The van der Waals surface area contributed by atoms with Crippen LogP contribution in [0.15, 0.2) is 0 Å². The Morgan fingerprint density at radius 2 is 1.75 bits per heavy atom. The molecule has 2 aliphatic heterocycles. The fourth-order valence-corrected chi connectivity index (χ4v) is 2.33. The van der Waals surface area contributed by atoms with E-state index in [2.05, 4.69) is 0 Å². The standard InChI is InChI=1S/C11H19NO4/c1-10(2,9(13)14)12-5-3-11(4-6-12)15-7-8-16-11/h3-8H2,1-2H3,(H,13,14). The van der Waals surface area contributed by atoms with Crippen LogP contribution in [0.25, 0.3) is 0 Å². The number of likely N-dealkylation sites (tertiary alicyclic amines) is 1. The van der Waals surface area contributed by atoms with Crippen LogP contribution in [0.5, 0.6) is 0 Å². The van der Waals surface area contributed by atoms with E-state index in [-0.39, 0.29) is 0 Å². The van der Waals surface area contributed by atoms with Crippen molar-refractivity contribution in [3.05, 3.63) is 0 Å².